The fraction of sp³-hybridized carbons (Fsp3) is 0.200. The Morgan fingerprint density at radius 2 is 1.75 bits per heavy atom. The molecular formula is C25H22ClN3O2S. The van der Waals surface area contributed by atoms with E-state index in [4.69, 9.17) is 16.0 Å². The van der Waals surface area contributed by atoms with E-state index >= 15 is 0 Å². The molecule has 3 aromatic rings. The van der Waals surface area contributed by atoms with E-state index in [0.717, 1.165) is 53.4 Å². The molecule has 1 fully saturated rings. The molecule has 0 atom stereocenters. The minimum Gasteiger partial charge on any atom is -0.457 e. The molecule has 0 spiro atoms. The number of amides is 1. The van der Waals surface area contributed by atoms with Gasteiger partial charge in [-0.15, -0.1) is 0 Å². The lowest BCUT2D eigenvalue weighted by Crippen LogP contribution is -2.47. The van der Waals surface area contributed by atoms with Crippen molar-refractivity contribution in [3.05, 3.63) is 81.9 Å². The lowest BCUT2D eigenvalue weighted by molar-refractivity contribution is -0.113. The van der Waals surface area contributed by atoms with Crippen LogP contribution in [0.4, 0.5) is 5.69 Å². The number of amidine groups is 1. The van der Waals surface area contributed by atoms with Crippen LogP contribution in [0.3, 0.4) is 0 Å². The minimum atomic E-state index is -0.212. The van der Waals surface area contributed by atoms with Crippen LogP contribution in [-0.4, -0.2) is 42.2 Å². The van der Waals surface area contributed by atoms with E-state index in [-0.39, 0.29) is 5.91 Å². The Balaban J connectivity index is 1.23. The second-order valence-electron chi connectivity index (χ2n) is 7.83. The highest BCUT2D eigenvalue weighted by molar-refractivity contribution is 8.18. The number of halogens is 1. The van der Waals surface area contributed by atoms with Crippen LogP contribution in [0.1, 0.15) is 11.3 Å². The summed E-state index contributed by atoms with van der Waals surface area (Å²) in [6.07, 6.45) is 1.78. The molecule has 0 saturated carbocycles. The zero-order chi connectivity index (χ0) is 22.1. The van der Waals surface area contributed by atoms with E-state index in [2.05, 4.69) is 39.9 Å². The van der Waals surface area contributed by atoms with Crippen molar-refractivity contribution in [3.8, 4) is 11.3 Å². The second kappa shape index (κ2) is 8.88. The first kappa shape index (κ1) is 20.9. The third-order valence-electron chi connectivity index (χ3n) is 5.57. The van der Waals surface area contributed by atoms with Crippen LogP contribution in [0.5, 0.6) is 0 Å². The number of carbonyl (C=O) groups is 1. The lowest BCUT2D eigenvalue weighted by atomic mass is 10.1. The normalized spacial score (nSPS) is 17.9. The predicted octanol–water partition coefficient (Wildman–Crippen LogP) is 5.70. The summed E-state index contributed by atoms with van der Waals surface area (Å²) in [6, 6.07) is 19.9. The van der Waals surface area contributed by atoms with Crippen molar-refractivity contribution < 1.29 is 9.21 Å². The Hall–Kier alpha value is -2.96. The second-order valence-corrected chi connectivity index (χ2v) is 9.28. The molecule has 2 aliphatic rings. The molecule has 7 heteroatoms. The number of hydrogen-bond donors (Lipinski definition) is 0. The number of aryl methyl sites for hydroxylation is 1. The van der Waals surface area contributed by atoms with Gasteiger partial charge in [-0.3, -0.25) is 4.79 Å². The highest BCUT2D eigenvalue weighted by atomic mass is 35.5. The van der Waals surface area contributed by atoms with Gasteiger partial charge in [0.05, 0.1) is 4.91 Å². The largest absolute Gasteiger partial charge is 0.457 e. The molecule has 5 nitrogen and oxygen atoms in total. The quantitative estimate of drug-likeness (QED) is 0.466. The van der Waals surface area contributed by atoms with E-state index < -0.39 is 0 Å². The monoisotopic (exact) mass is 463 g/mol. The summed E-state index contributed by atoms with van der Waals surface area (Å²) < 4.78 is 5.95. The van der Waals surface area contributed by atoms with Crippen LogP contribution in [0, 0.1) is 6.92 Å². The van der Waals surface area contributed by atoms with Gasteiger partial charge in [0.25, 0.3) is 5.91 Å². The Bertz CT molecular complexity index is 1210. The molecule has 3 heterocycles. The summed E-state index contributed by atoms with van der Waals surface area (Å²) in [5.41, 5.74) is 3.34. The van der Waals surface area contributed by atoms with Crippen molar-refractivity contribution in [2.24, 2.45) is 4.99 Å². The van der Waals surface area contributed by atoms with Gasteiger partial charge in [0.2, 0.25) is 0 Å². The Labute approximate surface area is 196 Å². The molecule has 1 saturated heterocycles. The molecule has 5 rings (SSSR count). The zero-order valence-electron chi connectivity index (χ0n) is 17.6. The van der Waals surface area contributed by atoms with Crippen LogP contribution < -0.4 is 4.90 Å². The number of aliphatic imine (C=N–C) groups is 1. The van der Waals surface area contributed by atoms with E-state index in [1.165, 1.54) is 17.3 Å². The lowest BCUT2D eigenvalue weighted by Gasteiger charge is -2.36. The van der Waals surface area contributed by atoms with Gasteiger partial charge >= 0.3 is 0 Å². The molecule has 32 heavy (non-hydrogen) atoms. The summed E-state index contributed by atoms with van der Waals surface area (Å²) >= 11 is 7.54. The Morgan fingerprint density at radius 3 is 2.50 bits per heavy atom. The number of piperazine rings is 1. The smallest absolute Gasteiger partial charge is 0.286 e. The van der Waals surface area contributed by atoms with Crippen molar-refractivity contribution in [1.82, 2.24) is 4.90 Å². The maximum atomic E-state index is 12.5. The van der Waals surface area contributed by atoms with E-state index in [1.54, 1.807) is 6.08 Å². The van der Waals surface area contributed by atoms with Gasteiger partial charge in [0.15, 0.2) is 5.17 Å². The van der Waals surface area contributed by atoms with Gasteiger partial charge in [-0.2, -0.15) is 4.99 Å². The predicted molar refractivity (Wildman–Crippen MR) is 132 cm³/mol. The van der Waals surface area contributed by atoms with Gasteiger partial charge < -0.3 is 14.2 Å². The molecule has 1 aromatic heterocycles. The summed E-state index contributed by atoms with van der Waals surface area (Å²) in [4.78, 5) is 21.9. The molecular weight excluding hydrogens is 442 g/mol. The van der Waals surface area contributed by atoms with Crippen molar-refractivity contribution in [3.63, 3.8) is 0 Å². The van der Waals surface area contributed by atoms with Crippen LogP contribution in [-0.2, 0) is 4.79 Å². The maximum absolute atomic E-state index is 12.5. The SMILES string of the molecule is Cc1ccc(-c2ccc(/C=C3\SC(N4CCN(c5cccc(Cl)c5)CC4)=NC3=O)o2)cc1. The Kier molecular flexibility index (Phi) is 5.81. The number of anilines is 1. The molecule has 0 N–H and O–H groups in total. The summed E-state index contributed by atoms with van der Waals surface area (Å²) in [5, 5.41) is 1.50. The van der Waals surface area contributed by atoms with Crippen LogP contribution in [0.15, 0.2) is 75.0 Å². The third kappa shape index (κ3) is 4.47. The molecule has 2 aromatic carbocycles. The van der Waals surface area contributed by atoms with Crippen molar-refractivity contribution in [1.29, 1.82) is 0 Å². The van der Waals surface area contributed by atoms with E-state index in [0.29, 0.717) is 10.7 Å². The highest BCUT2D eigenvalue weighted by Gasteiger charge is 2.29. The number of hydrogen-bond acceptors (Lipinski definition) is 5. The highest BCUT2D eigenvalue weighted by Crippen LogP contribution is 2.32. The number of carbonyl (C=O) groups excluding carboxylic acids is 1. The topological polar surface area (TPSA) is 49.0 Å². The number of thioether (sulfide) groups is 1. The van der Waals surface area contributed by atoms with Crippen molar-refractivity contribution >= 4 is 46.2 Å². The van der Waals surface area contributed by atoms with Crippen molar-refractivity contribution in [2.45, 2.75) is 6.92 Å². The molecule has 1 amide bonds. The fourth-order valence-electron chi connectivity index (χ4n) is 3.79. The van der Waals surface area contributed by atoms with Crippen LogP contribution >= 0.6 is 23.4 Å². The van der Waals surface area contributed by atoms with Gasteiger partial charge in [0.1, 0.15) is 11.5 Å². The first-order chi connectivity index (χ1) is 15.5. The number of rotatable bonds is 3. The van der Waals surface area contributed by atoms with Crippen molar-refractivity contribution in [2.75, 3.05) is 31.1 Å². The van der Waals surface area contributed by atoms with E-state index in [9.17, 15) is 4.79 Å². The molecule has 0 bridgehead atoms. The molecule has 0 radical (unpaired) electrons. The minimum absolute atomic E-state index is 0.212. The van der Waals surface area contributed by atoms with Gasteiger partial charge in [0, 0.05) is 48.5 Å². The first-order valence-electron chi connectivity index (χ1n) is 10.5. The third-order valence-corrected chi connectivity index (χ3v) is 6.85. The molecule has 0 unspecified atom stereocenters. The van der Waals surface area contributed by atoms with Crippen LogP contribution in [0.2, 0.25) is 5.02 Å². The fourth-order valence-corrected chi connectivity index (χ4v) is 4.92. The average Bonchev–Trinajstić information content (AvgIpc) is 3.42. The average molecular weight is 464 g/mol. The van der Waals surface area contributed by atoms with Gasteiger partial charge in [-0.25, -0.2) is 0 Å². The first-order valence-corrected chi connectivity index (χ1v) is 11.7. The van der Waals surface area contributed by atoms with Crippen LogP contribution in [0.25, 0.3) is 17.4 Å². The molecule has 2 aliphatic heterocycles. The maximum Gasteiger partial charge on any atom is 0.286 e. The number of furan rings is 1. The summed E-state index contributed by atoms with van der Waals surface area (Å²) in [7, 11) is 0. The Morgan fingerprint density at radius 1 is 1.00 bits per heavy atom. The number of nitrogens with zero attached hydrogens (tertiary/aromatic N) is 3. The zero-order valence-corrected chi connectivity index (χ0v) is 19.2. The van der Waals surface area contributed by atoms with E-state index in [1.807, 2.05) is 42.5 Å². The summed E-state index contributed by atoms with van der Waals surface area (Å²) in [5.74, 6) is 1.22. The van der Waals surface area contributed by atoms with Gasteiger partial charge in [-0.1, -0.05) is 47.5 Å². The van der Waals surface area contributed by atoms with Gasteiger partial charge in [-0.05, 0) is 49.0 Å². The standard InChI is InChI=1S/C25H22ClN3O2S/c1-17-5-7-18(8-6-17)22-10-9-21(31-22)16-23-24(30)27-25(32-23)29-13-11-28(12-14-29)20-4-2-3-19(26)15-20/h2-10,15-16H,11-14H2,1H3/b23-16-. The molecule has 0 aliphatic carbocycles. The molecule has 162 valence electrons. The summed E-state index contributed by atoms with van der Waals surface area (Å²) in [6.45, 7) is 5.37. The number of benzene rings is 2.